The summed E-state index contributed by atoms with van der Waals surface area (Å²) < 4.78 is 11.4. The van der Waals surface area contributed by atoms with Crippen LogP contribution in [0.4, 0.5) is 10.5 Å². The van der Waals surface area contributed by atoms with E-state index in [1.807, 2.05) is 0 Å². The molecule has 1 rings (SSSR count). The topological polar surface area (TPSA) is 75.4 Å². The van der Waals surface area contributed by atoms with Gasteiger partial charge < -0.3 is 16.0 Å². The Morgan fingerprint density at radius 1 is 1.47 bits per heavy atom. The highest BCUT2D eigenvalue weighted by atomic mass is 32.2. The van der Waals surface area contributed by atoms with Gasteiger partial charge in [-0.05, 0) is 23.8 Å². The molecule has 0 heterocycles. The van der Waals surface area contributed by atoms with Crippen LogP contribution in [0.1, 0.15) is 5.56 Å². The van der Waals surface area contributed by atoms with E-state index >= 15 is 0 Å². The van der Waals surface area contributed by atoms with Gasteiger partial charge in [0.25, 0.3) is 0 Å². The minimum Gasteiger partial charge on any atom is -0.331 e. The molecule has 0 radical (unpaired) electrons. The van der Waals surface area contributed by atoms with Crippen molar-refractivity contribution in [2.45, 2.75) is 11.4 Å². The van der Waals surface area contributed by atoms with E-state index in [2.05, 4.69) is 5.32 Å². The summed E-state index contributed by atoms with van der Waals surface area (Å²) in [6, 6.07) is 4.98. The Morgan fingerprint density at radius 2 is 2.12 bits per heavy atom. The third-order valence-corrected chi connectivity index (χ3v) is 3.27. The molecule has 0 bridgehead atoms. The average Bonchev–Trinajstić information content (AvgIpc) is 2.28. The van der Waals surface area contributed by atoms with Crippen LogP contribution >= 0.6 is 0 Å². The SMILES string of the molecule is CN(C)C(=O)Nc1ccc(S(C)=O)c(CN)c1. The van der Waals surface area contributed by atoms with E-state index in [0.29, 0.717) is 17.1 Å². The first kappa shape index (κ1) is 13.7. The summed E-state index contributed by atoms with van der Waals surface area (Å²) in [5, 5.41) is 2.71. The number of benzene rings is 1. The Bertz CT molecular complexity index is 446. The van der Waals surface area contributed by atoms with Gasteiger partial charge in [-0.1, -0.05) is 0 Å². The highest BCUT2D eigenvalue weighted by Gasteiger charge is 2.08. The highest BCUT2D eigenvalue weighted by molar-refractivity contribution is 7.84. The fourth-order valence-corrected chi connectivity index (χ4v) is 2.10. The number of nitrogens with one attached hydrogen (secondary N) is 1. The molecule has 6 heteroatoms. The van der Waals surface area contributed by atoms with Gasteiger partial charge in [-0.15, -0.1) is 0 Å². The van der Waals surface area contributed by atoms with Crippen LogP contribution in [0, 0.1) is 0 Å². The molecule has 1 atom stereocenters. The maximum atomic E-state index is 11.5. The van der Waals surface area contributed by atoms with Crippen LogP contribution in [-0.2, 0) is 17.3 Å². The standard InChI is InChI=1S/C11H17N3O2S/c1-14(2)11(15)13-9-4-5-10(17(3)16)8(6-9)7-12/h4-6H,7,12H2,1-3H3,(H,13,15). The number of amides is 2. The highest BCUT2D eigenvalue weighted by Crippen LogP contribution is 2.18. The lowest BCUT2D eigenvalue weighted by Gasteiger charge is -2.13. The Labute approximate surface area is 103 Å². The molecule has 2 amide bonds. The number of nitrogens with two attached hydrogens (primary N) is 1. The molecule has 0 fully saturated rings. The van der Waals surface area contributed by atoms with Crippen LogP contribution in [-0.4, -0.2) is 35.5 Å². The summed E-state index contributed by atoms with van der Waals surface area (Å²) in [5.74, 6) is 0. The predicted octanol–water partition coefficient (Wildman–Crippen LogP) is 0.976. The molecule has 94 valence electrons. The summed E-state index contributed by atoms with van der Waals surface area (Å²) in [4.78, 5) is 13.6. The van der Waals surface area contributed by atoms with Crippen molar-refractivity contribution in [3.05, 3.63) is 23.8 Å². The summed E-state index contributed by atoms with van der Waals surface area (Å²) in [6.45, 7) is 0.292. The summed E-state index contributed by atoms with van der Waals surface area (Å²) >= 11 is 0. The number of hydrogen-bond acceptors (Lipinski definition) is 3. The van der Waals surface area contributed by atoms with E-state index < -0.39 is 10.8 Å². The maximum Gasteiger partial charge on any atom is 0.321 e. The molecule has 0 aliphatic heterocycles. The quantitative estimate of drug-likeness (QED) is 0.845. The van der Waals surface area contributed by atoms with Crippen molar-refractivity contribution in [2.75, 3.05) is 25.7 Å². The number of nitrogens with zero attached hydrogens (tertiary/aromatic N) is 1. The second kappa shape index (κ2) is 5.79. The van der Waals surface area contributed by atoms with Crippen molar-refractivity contribution in [1.29, 1.82) is 0 Å². The third-order valence-electron chi connectivity index (χ3n) is 2.25. The number of hydrogen-bond donors (Lipinski definition) is 2. The number of carbonyl (C=O) groups excluding carboxylic acids is 1. The van der Waals surface area contributed by atoms with E-state index in [0.717, 1.165) is 5.56 Å². The van der Waals surface area contributed by atoms with Gasteiger partial charge in [0.1, 0.15) is 0 Å². The zero-order chi connectivity index (χ0) is 13.0. The summed E-state index contributed by atoms with van der Waals surface area (Å²) in [7, 11) is 2.25. The molecule has 17 heavy (non-hydrogen) atoms. The van der Waals surface area contributed by atoms with E-state index in [1.165, 1.54) is 4.90 Å². The zero-order valence-electron chi connectivity index (χ0n) is 10.2. The van der Waals surface area contributed by atoms with E-state index in [-0.39, 0.29) is 6.03 Å². The molecular formula is C11H17N3O2S. The largest absolute Gasteiger partial charge is 0.331 e. The van der Waals surface area contributed by atoms with Crippen LogP contribution in [0.15, 0.2) is 23.1 Å². The molecule has 0 aromatic heterocycles. The number of carbonyl (C=O) groups is 1. The van der Waals surface area contributed by atoms with E-state index in [1.54, 1.807) is 38.6 Å². The van der Waals surface area contributed by atoms with Crippen LogP contribution in [0.2, 0.25) is 0 Å². The summed E-state index contributed by atoms with van der Waals surface area (Å²) in [5.41, 5.74) is 7.02. The molecule has 0 aliphatic carbocycles. The lowest BCUT2D eigenvalue weighted by molar-refractivity contribution is 0.230. The number of urea groups is 1. The molecule has 5 nitrogen and oxygen atoms in total. The molecule has 0 aliphatic rings. The van der Waals surface area contributed by atoms with Crippen LogP contribution in [0.5, 0.6) is 0 Å². The van der Waals surface area contributed by atoms with Crippen molar-refractivity contribution in [3.63, 3.8) is 0 Å². The molecule has 1 aromatic rings. The van der Waals surface area contributed by atoms with Crippen LogP contribution < -0.4 is 11.1 Å². The lowest BCUT2D eigenvalue weighted by Crippen LogP contribution is -2.27. The molecule has 0 saturated carbocycles. The smallest absolute Gasteiger partial charge is 0.321 e. The van der Waals surface area contributed by atoms with Gasteiger partial charge in [0.15, 0.2) is 0 Å². The fourth-order valence-electron chi connectivity index (χ4n) is 1.33. The van der Waals surface area contributed by atoms with Gasteiger partial charge in [-0.25, -0.2) is 4.79 Å². The first-order valence-corrected chi connectivity index (χ1v) is 6.66. The summed E-state index contributed by atoms with van der Waals surface area (Å²) in [6.07, 6.45) is 1.60. The first-order valence-electron chi connectivity index (χ1n) is 5.10. The van der Waals surface area contributed by atoms with E-state index in [9.17, 15) is 9.00 Å². The Morgan fingerprint density at radius 3 is 2.59 bits per heavy atom. The number of anilines is 1. The third kappa shape index (κ3) is 3.54. The Balaban J connectivity index is 2.98. The Hall–Kier alpha value is -1.40. The van der Waals surface area contributed by atoms with Gasteiger partial charge in [0, 0.05) is 37.5 Å². The Kier molecular flexibility index (Phi) is 4.65. The lowest BCUT2D eigenvalue weighted by atomic mass is 10.2. The maximum absolute atomic E-state index is 11.5. The minimum absolute atomic E-state index is 0.210. The molecule has 1 unspecified atom stereocenters. The van der Waals surface area contributed by atoms with Crippen molar-refractivity contribution in [2.24, 2.45) is 5.73 Å². The zero-order valence-corrected chi connectivity index (χ0v) is 11.0. The van der Waals surface area contributed by atoms with Crippen LogP contribution in [0.3, 0.4) is 0 Å². The average molecular weight is 255 g/mol. The monoisotopic (exact) mass is 255 g/mol. The van der Waals surface area contributed by atoms with Gasteiger partial charge in [0.05, 0.1) is 10.8 Å². The molecule has 0 saturated heterocycles. The van der Waals surface area contributed by atoms with Gasteiger partial charge in [-0.3, -0.25) is 4.21 Å². The first-order chi connectivity index (χ1) is 7.95. The van der Waals surface area contributed by atoms with E-state index in [4.69, 9.17) is 5.73 Å². The predicted molar refractivity (Wildman–Crippen MR) is 69.4 cm³/mol. The van der Waals surface area contributed by atoms with Crippen molar-refractivity contribution in [1.82, 2.24) is 4.90 Å². The van der Waals surface area contributed by atoms with Crippen molar-refractivity contribution >= 4 is 22.5 Å². The molecule has 1 aromatic carbocycles. The van der Waals surface area contributed by atoms with Crippen molar-refractivity contribution in [3.8, 4) is 0 Å². The van der Waals surface area contributed by atoms with Crippen LogP contribution in [0.25, 0.3) is 0 Å². The van der Waals surface area contributed by atoms with Gasteiger partial charge >= 0.3 is 6.03 Å². The molecular weight excluding hydrogens is 238 g/mol. The normalized spacial score (nSPS) is 12.0. The fraction of sp³-hybridized carbons (Fsp3) is 0.364. The minimum atomic E-state index is -1.07. The van der Waals surface area contributed by atoms with Gasteiger partial charge in [-0.2, -0.15) is 0 Å². The van der Waals surface area contributed by atoms with Gasteiger partial charge in [0.2, 0.25) is 0 Å². The number of rotatable bonds is 3. The second-order valence-electron chi connectivity index (χ2n) is 3.81. The molecule has 0 spiro atoms. The molecule has 3 N–H and O–H groups in total. The second-order valence-corrected chi connectivity index (χ2v) is 5.15. The van der Waals surface area contributed by atoms with Crippen molar-refractivity contribution < 1.29 is 9.00 Å².